The minimum Gasteiger partial charge on any atom is -0.390 e. The van der Waals surface area contributed by atoms with E-state index >= 15 is 8.78 Å². The van der Waals surface area contributed by atoms with Gasteiger partial charge >= 0.3 is 0 Å². The van der Waals surface area contributed by atoms with E-state index in [0.29, 0.717) is 0 Å². The number of allylic oxidation sites excluding steroid dienone is 4. The fourth-order valence-electron chi connectivity index (χ4n) is 6.85. The number of aliphatic hydroxyl groups is 3. The van der Waals surface area contributed by atoms with E-state index in [4.69, 9.17) is 0 Å². The number of rotatable bonds is 2. The van der Waals surface area contributed by atoms with Gasteiger partial charge in [0.1, 0.15) is 18.4 Å². The van der Waals surface area contributed by atoms with Crippen molar-refractivity contribution in [3.05, 3.63) is 22.2 Å². The molecule has 3 N–H and O–H groups in total. The van der Waals surface area contributed by atoms with Gasteiger partial charge < -0.3 is 15.3 Å². The lowest BCUT2D eigenvalue weighted by atomic mass is 9.44. The maximum absolute atomic E-state index is 16.9. The lowest BCUT2D eigenvalue weighted by Gasteiger charge is -2.63. The Morgan fingerprint density at radius 3 is 2.62 bits per heavy atom. The lowest BCUT2D eigenvalue weighted by molar-refractivity contribution is -0.221. The van der Waals surface area contributed by atoms with Crippen molar-refractivity contribution >= 4 is 27.5 Å². The van der Waals surface area contributed by atoms with Gasteiger partial charge in [0.2, 0.25) is 0 Å². The molecule has 0 bridgehead atoms. The first-order chi connectivity index (χ1) is 13.4. The maximum Gasteiger partial charge on any atom is 0.192 e. The summed E-state index contributed by atoms with van der Waals surface area (Å²) in [7, 11) is 0. The summed E-state index contributed by atoms with van der Waals surface area (Å²) < 4.78 is 32.3. The second-order valence-electron chi connectivity index (χ2n) is 9.46. The van der Waals surface area contributed by atoms with Crippen molar-refractivity contribution in [2.24, 2.45) is 22.7 Å². The van der Waals surface area contributed by atoms with Crippen LogP contribution in [0.4, 0.5) is 8.78 Å². The zero-order valence-electron chi connectivity index (χ0n) is 16.3. The molecule has 8 atom stereocenters. The van der Waals surface area contributed by atoms with Gasteiger partial charge in [0.25, 0.3) is 0 Å². The van der Waals surface area contributed by atoms with Gasteiger partial charge in [-0.15, -0.1) is 0 Å². The molecule has 3 fully saturated rings. The molecule has 4 rings (SSSR count). The highest BCUT2D eigenvalue weighted by Crippen LogP contribution is 2.70. The van der Waals surface area contributed by atoms with Gasteiger partial charge in [-0.3, -0.25) is 9.59 Å². The molecule has 0 radical (unpaired) electrons. The zero-order valence-corrected chi connectivity index (χ0v) is 17.9. The maximum atomic E-state index is 16.9. The van der Waals surface area contributed by atoms with Crippen molar-refractivity contribution in [3.63, 3.8) is 0 Å². The van der Waals surface area contributed by atoms with Crippen LogP contribution >= 0.6 is 15.9 Å². The Kier molecular flexibility index (Phi) is 4.61. The average Bonchev–Trinajstić information content (AvgIpc) is 2.91. The molecule has 0 saturated heterocycles. The monoisotopic (exact) mass is 474 g/mol. The zero-order chi connectivity index (χ0) is 21.6. The van der Waals surface area contributed by atoms with Crippen LogP contribution in [-0.4, -0.2) is 57.0 Å². The minimum absolute atomic E-state index is 0.0202. The van der Waals surface area contributed by atoms with Crippen LogP contribution in [0.5, 0.6) is 0 Å². The molecule has 4 aliphatic carbocycles. The number of hydrogen-bond acceptors (Lipinski definition) is 5. The second-order valence-corrected chi connectivity index (χ2v) is 10.3. The Morgan fingerprint density at radius 2 is 2.00 bits per heavy atom. The molecule has 2 unspecified atom stereocenters. The Bertz CT molecular complexity index is 858. The summed E-state index contributed by atoms with van der Waals surface area (Å²) in [5, 5.41) is 31.5. The summed E-state index contributed by atoms with van der Waals surface area (Å²) in [4.78, 5) is 24.4. The summed E-state index contributed by atoms with van der Waals surface area (Å²) in [6.07, 6.45) is -0.817. The Morgan fingerprint density at radius 1 is 1.34 bits per heavy atom. The molecule has 160 valence electrons. The van der Waals surface area contributed by atoms with Gasteiger partial charge in [-0.25, -0.2) is 8.78 Å². The number of carbonyl (C=O) groups is 2. The lowest BCUT2D eigenvalue weighted by Crippen LogP contribution is -2.70. The van der Waals surface area contributed by atoms with E-state index in [1.165, 1.54) is 13.0 Å². The summed E-state index contributed by atoms with van der Waals surface area (Å²) in [6.45, 7) is 2.27. The standard InChI is InChI=1S/C21H25BrF2O5/c1-18-8-16(27)21(24)11(10(18)3-4-20(18,29)17(28)9-25)5-14(23)12-6-15(26)13(22)7-19(12,21)2/h6-7,10-11,14,16,25,27,29H,3-5,8-9H2,1-2H3/t10-,11-,14?,16?,18-,19-,20-,21-/m0/s1. The summed E-state index contributed by atoms with van der Waals surface area (Å²) in [5.74, 6) is -2.72. The van der Waals surface area contributed by atoms with E-state index in [2.05, 4.69) is 15.9 Å². The van der Waals surface area contributed by atoms with Crippen LogP contribution in [0, 0.1) is 22.7 Å². The van der Waals surface area contributed by atoms with Gasteiger partial charge in [0, 0.05) is 16.7 Å². The van der Waals surface area contributed by atoms with Crippen molar-refractivity contribution in [2.45, 2.75) is 63.1 Å². The second kappa shape index (κ2) is 6.28. The Labute approximate surface area is 176 Å². The van der Waals surface area contributed by atoms with Gasteiger partial charge in [-0.1, -0.05) is 13.0 Å². The molecule has 4 aliphatic rings. The quantitative estimate of drug-likeness (QED) is 0.570. The van der Waals surface area contributed by atoms with Crippen LogP contribution < -0.4 is 0 Å². The molecule has 0 aromatic carbocycles. The molecule has 8 heteroatoms. The number of Topliss-reactive ketones (excluding diaryl/α,β-unsaturated/α-hetero) is 1. The first-order valence-electron chi connectivity index (χ1n) is 9.89. The molecule has 5 nitrogen and oxygen atoms in total. The predicted octanol–water partition coefficient (Wildman–Crippen LogP) is 2.32. The van der Waals surface area contributed by atoms with Crippen LogP contribution in [0.15, 0.2) is 22.2 Å². The number of carbonyl (C=O) groups excluding carboxylic acids is 2. The van der Waals surface area contributed by atoms with Crippen LogP contribution in [0.1, 0.15) is 39.5 Å². The average molecular weight is 475 g/mol. The summed E-state index contributed by atoms with van der Waals surface area (Å²) in [5.41, 5.74) is -6.86. The SMILES string of the molecule is C[C@]12C=C(Br)C(=O)C=C1C(F)C[C@H]1[C@@H]3CC[C@](O)(C(=O)CO)[C@@]3(C)CC(O)[C@@]12F. The molecule has 0 heterocycles. The molecule has 0 spiro atoms. The van der Waals surface area contributed by atoms with Crippen molar-refractivity contribution in [1.82, 2.24) is 0 Å². The Hall–Kier alpha value is -0.960. The number of alkyl halides is 2. The molecule has 0 aromatic rings. The molecule has 0 aromatic heterocycles. The number of aliphatic hydroxyl groups excluding tert-OH is 2. The predicted molar refractivity (Wildman–Crippen MR) is 104 cm³/mol. The van der Waals surface area contributed by atoms with Gasteiger partial charge in [0.15, 0.2) is 17.2 Å². The van der Waals surface area contributed by atoms with E-state index < -0.39 is 64.4 Å². The van der Waals surface area contributed by atoms with E-state index in [0.717, 1.165) is 6.08 Å². The highest BCUT2D eigenvalue weighted by atomic mass is 79.9. The fraction of sp³-hybridized carbons (Fsp3) is 0.714. The topological polar surface area (TPSA) is 94.8 Å². The minimum atomic E-state index is -2.27. The molecule has 29 heavy (non-hydrogen) atoms. The van der Waals surface area contributed by atoms with E-state index in [1.807, 2.05) is 0 Å². The van der Waals surface area contributed by atoms with Crippen LogP contribution in [0.25, 0.3) is 0 Å². The number of hydrogen-bond donors (Lipinski definition) is 3. The van der Waals surface area contributed by atoms with E-state index in [-0.39, 0.29) is 35.7 Å². The smallest absolute Gasteiger partial charge is 0.192 e. The molecule has 0 aliphatic heterocycles. The third-order valence-electron chi connectivity index (χ3n) is 8.44. The first kappa shape index (κ1) is 21.3. The molecule has 0 amide bonds. The van der Waals surface area contributed by atoms with Crippen molar-refractivity contribution < 1.29 is 33.7 Å². The fourth-order valence-corrected chi connectivity index (χ4v) is 7.42. The highest BCUT2D eigenvalue weighted by Gasteiger charge is 2.75. The van der Waals surface area contributed by atoms with Gasteiger partial charge in [0.05, 0.1) is 10.6 Å². The van der Waals surface area contributed by atoms with Crippen molar-refractivity contribution in [3.8, 4) is 0 Å². The largest absolute Gasteiger partial charge is 0.390 e. The number of ketones is 2. The normalized spacial score (nSPS) is 51.5. The van der Waals surface area contributed by atoms with Crippen molar-refractivity contribution in [2.75, 3.05) is 6.61 Å². The van der Waals surface area contributed by atoms with Gasteiger partial charge in [-0.05, 0) is 66.1 Å². The van der Waals surface area contributed by atoms with Crippen LogP contribution in [0.3, 0.4) is 0 Å². The van der Waals surface area contributed by atoms with Crippen molar-refractivity contribution in [1.29, 1.82) is 0 Å². The van der Waals surface area contributed by atoms with Crippen LogP contribution in [-0.2, 0) is 9.59 Å². The van der Waals surface area contributed by atoms with E-state index in [1.54, 1.807) is 6.92 Å². The van der Waals surface area contributed by atoms with E-state index in [9.17, 15) is 24.9 Å². The summed E-state index contributed by atoms with van der Waals surface area (Å²) >= 11 is 3.13. The van der Waals surface area contributed by atoms with Crippen LogP contribution in [0.2, 0.25) is 0 Å². The third-order valence-corrected chi connectivity index (χ3v) is 9.06. The molecular weight excluding hydrogens is 450 g/mol. The third kappa shape index (κ3) is 2.34. The molecule has 3 saturated carbocycles. The first-order valence-corrected chi connectivity index (χ1v) is 10.7. The highest BCUT2D eigenvalue weighted by molar-refractivity contribution is 9.12. The summed E-state index contributed by atoms with van der Waals surface area (Å²) in [6, 6.07) is 0. The number of halogens is 3. The molecular formula is C21H25BrF2O5. The van der Waals surface area contributed by atoms with Gasteiger partial charge in [-0.2, -0.15) is 0 Å². The number of fused-ring (bicyclic) bond motifs is 5. The Balaban J connectivity index is 1.86.